The number of rotatable bonds is 9. The van der Waals surface area contributed by atoms with E-state index < -0.39 is 10.0 Å². The quantitative estimate of drug-likeness (QED) is 0.244. The van der Waals surface area contributed by atoms with E-state index in [9.17, 15) is 8.42 Å². The van der Waals surface area contributed by atoms with E-state index >= 15 is 0 Å². The van der Waals surface area contributed by atoms with Gasteiger partial charge in [0.15, 0.2) is 5.13 Å². The highest BCUT2D eigenvalue weighted by molar-refractivity contribution is 7.89. The van der Waals surface area contributed by atoms with Crippen LogP contribution in [0.2, 0.25) is 0 Å². The van der Waals surface area contributed by atoms with Crippen LogP contribution in [0, 0.1) is 6.92 Å². The molecule has 8 nitrogen and oxygen atoms in total. The van der Waals surface area contributed by atoms with Crippen LogP contribution >= 0.6 is 11.3 Å². The van der Waals surface area contributed by atoms with Crippen molar-refractivity contribution in [1.29, 1.82) is 0 Å². The van der Waals surface area contributed by atoms with Crippen molar-refractivity contribution < 1.29 is 8.42 Å². The molecular formula is C27H26N6O2S2. The molecule has 0 aliphatic carbocycles. The molecule has 2 aromatic heterocycles. The lowest BCUT2D eigenvalue weighted by atomic mass is 10.1. The molecule has 0 amide bonds. The van der Waals surface area contributed by atoms with Crippen molar-refractivity contribution >= 4 is 48.5 Å². The lowest BCUT2D eigenvalue weighted by Gasteiger charge is -2.11. The molecule has 0 atom stereocenters. The Labute approximate surface area is 219 Å². The minimum Gasteiger partial charge on any atom is -0.354 e. The highest BCUT2D eigenvalue weighted by Crippen LogP contribution is 2.29. The molecule has 0 saturated carbocycles. The van der Waals surface area contributed by atoms with E-state index in [0.29, 0.717) is 31.2 Å². The fraction of sp³-hybridized carbons (Fsp3) is 0.148. The Kier molecular flexibility index (Phi) is 7.13. The van der Waals surface area contributed by atoms with Gasteiger partial charge < -0.3 is 10.6 Å². The second kappa shape index (κ2) is 10.6. The summed E-state index contributed by atoms with van der Waals surface area (Å²) in [6.07, 6.45) is 1.33. The highest BCUT2D eigenvalue weighted by Gasteiger charge is 2.10. The number of fused-ring (bicyclic) bond motifs is 1. The van der Waals surface area contributed by atoms with Crippen LogP contribution in [0.5, 0.6) is 0 Å². The van der Waals surface area contributed by atoms with E-state index in [-0.39, 0.29) is 4.90 Å². The van der Waals surface area contributed by atoms with Crippen molar-refractivity contribution in [3.8, 4) is 0 Å². The second-order valence-corrected chi connectivity index (χ2v) is 11.3. The summed E-state index contributed by atoms with van der Waals surface area (Å²) < 4.78 is 24.1. The lowest BCUT2D eigenvalue weighted by molar-refractivity contribution is 0.598. The van der Waals surface area contributed by atoms with Crippen LogP contribution in [-0.4, -0.2) is 29.9 Å². The summed E-state index contributed by atoms with van der Waals surface area (Å²) in [5.74, 6) is 1.17. The number of nitrogens with two attached hydrogens (primary N) is 1. The molecule has 10 heteroatoms. The number of aryl methyl sites for hydroxylation is 1. The SMILES string of the molecule is Cc1ccc2nc(Nc3cc(Cc4ccccc4)nc(NCCc4ccc(S(N)(=O)=O)cc4)n3)sc2c1. The van der Waals surface area contributed by atoms with Crippen molar-refractivity contribution in [3.63, 3.8) is 0 Å². The van der Waals surface area contributed by atoms with Gasteiger partial charge in [-0.25, -0.2) is 23.5 Å². The molecule has 0 saturated heterocycles. The summed E-state index contributed by atoms with van der Waals surface area (Å²) in [7, 11) is -3.70. The van der Waals surface area contributed by atoms with Crippen LogP contribution in [0.3, 0.4) is 0 Å². The van der Waals surface area contributed by atoms with Gasteiger partial charge in [0.25, 0.3) is 0 Å². The van der Waals surface area contributed by atoms with Crippen LogP contribution in [0.4, 0.5) is 16.9 Å². The molecule has 0 aliphatic rings. The van der Waals surface area contributed by atoms with Crippen molar-refractivity contribution in [2.75, 3.05) is 17.2 Å². The van der Waals surface area contributed by atoms with E-state index in [1.165, 1.54) is 17.7 Å². The molecule has 0 aliphatic heterocycles. The minimum absolute atomic E-state index is 0.0990. The topological polar surface area (TPSA) is 123 Å². The first-order chi connectivity index (χ1) is 17.8. The van der Waals surface area contributed by atoms with Gasteiger partial charge in [-0.15, -0.1) is 0 Å². The number of nitrogens with one attached hydrogen (secondary N) is 2. The Hall–Kier alpha value is -3.86. The molecular weight excluding hydrogens is 504 g/mol. The number of primary sulfonamides is 1. The molecule has 3 aromatic carbocycles. The number of anilines is 3. The molecule has 0 fully saturated rings. The van der Waals surface area contributed by atoms with Gasteiger partial charge in [-0.3, -0.25) is 0 Å². The first kappa shape index (κ1) is 24.8. The van der Waals surface area contributed by atoms with Gasteiger partial charge >= 0.3 is 0 Å². The predicted octanol–water partition coefficient (Wildman–Crippen LogP) is 5.03. The first-order valence-corrected chi connectivity index (χ1v) is 14.1. The van der Waals surface area contributed by atoms with Crippen LogP contribution in [0.15, 0.2) is 83.8 Å². The third-order valence-electron chi connectivity index (χ3n) is 5.73. The average molecular weight is 531 g/mol. The van der Waals surface area contributed by atoms with Crippen molar-refractivity contribution in [2.45, 2.75) is 24.7 Å². The van der Waals surface area contributed by atoms with Gasteiger partial charge in [0.05, 0.1) is 20.8 Å². The Morgan fingerprint density at radius 3 is 2.43 bits per heavy atom. The molecule has 188 valence electrons. The summed E-state index contributed by atoms with van der Waals surface area (Å²) in [5.41, 5.74) is 5.15. The van der Waals surface area contributed by atoms with Gasteiger partial charge in [0.2, 0.25) is 16.0 Å². The summed E-state index contributed by atoms with van der Waals surface area (Å²) in [4.78, 5) is 14.2. The molecule has 0 bridgehead atoms. The summed E-state index contributed by atoms with van der Waals surface area (Å²) >= 11 is 1.59. The number of benzene rings is 3. The average Bonchev–Trinajstić information content (AvgIpc) is 3.25. The summed E-state index contributed by atoms with van der Waals surface area (Å²) in [6, 6.07) is 24.9. The fourth-order valence-corrected chi connectivity index (χ4v) is 5.38. The number of aromatic nitrogens is 3. The number of nitrogens with zero attached hydrogens (tertiary/aromatic N) is 3. The van der Waals surface area contributed by atoms with E-state index in [2.05, 4.69) is 46.8 Å². The van der Waals surface area contributed by atoms with E-state index in [1.54, 1.807) is 23.5 Å². The zero-order chi connectivity index (χ0) is 25.8. The Balaban J connectivity index is 1.34. The number of hydrogen-bond acceptors (Lipinski definition) is 8. The number of hydrogen-bond donors (Lipinski definition) is 3. The van der Waals surface area contributed by atoms with E-state index in [4.69, 9.17) is 15.1 Å². The predicted molar refractivity (Wildman–Crippen MR) is 149 cm³/mol. The van der Waals surface area contributed by atoms with Gasteiger partial charge in [-0.05, 0) is 54.3 Å². The molecule has 2 heterocycles. The van der Waals surface area contributed by atoms with Crippen LogP contribution < -0.4 is 15.8 Å². The first-order valence-electron chi connectivity index (χ1n) is 11.7. The minimum atomic E-state index is -3.70. The number of thiazole rings is 1. The zero-order valence-corrected chi connectivity index (χ0v) is 21.8. The third kappa shape index (κ3) is 6.48. The van der Waals surface area contributed by atoms with Crippen molar-refractivity contribution in [3.05, 3.63) is 101 Å². The highest BCUT2D eigenvalue weighted by atomic mass is 32.2. The maximum atomic E-state index is 11.5. The summed E-state index contributed by atoms with van der Waals surface area (Å²) in [6.45, 7) is 2.64. The van der Waals surface area contributed by atoms with Gasteiger partial charge in [-0.2, -0.15) is 4.98 Å². The Bertz CT molecular complexity index is 1640. The molecule has 5 rings (SSSR count). The van der Waals surface area contributed by atoms with Crippen molar-refractivity contribution in [1.82, 2.24) is 15.0 Å². The fourth-order valence-electron chi connectivity index (χ4n) is 3.90. The molecule has 4 N–H and O–H groups in total. The van der Waals surface area contributed by atoms with Crippen molar-refractivity contribution in [2.24, 2.45) is 5.14 Å². The Morgan fingerprint density at radius 1 is 0.892 bits per heavy atom. The van der Waals surface area contributed by atoms with E-state index in [0.717, 1.165) is 32.2 Å². The van der Waals surface area contributed by atoms with Gasteiger partial charge in [0, 0.05) is 19.0 Å². The largest absolute Gasteiger partial charge is 0.354 e. The number of sulfonamides is 1. The van der Waals surface area contributed by atoms with E-state index in [1.807, 2.05) is 30.3 Å². The molecule has 0 unspecified atom stereocenters. The monoisotopic (exact) mass is 530 g/mol. The molecule has 0 spiro atoms. The summed E-state index contributed by atoms with van der Waals surface area (Å²) in [5, 5.41) is 12.6. The molecule has 0 radical (unpaired) electrons. The lowest BCUT2D eigenvalue weighted by Crippen LogP contribution is -2.12. The van der Waals surface area contributed by atoms with Crippen LogP contribution in [0.25, 0.3) is 10.2 Å². The zero-order valence-electron chi connectivity index (χ0n) is 20.2. The Morgan fingerprint density at radius 2 is 1.68 bits per heavy atom. The normalized spacial score (nSPS) is 11.5. The standard InChI is InChI=1S/C27H26N6O2S2/c1-18-7-12-23-24(15-18)36-27(31-23)33-25-17-21(16-20-5-3-2-4-6-20)30-26(32-25)29-14-13-19-8-10-22(11-9-19)37(28,34)35/h2-12,15,17H,13-14,16H2,1H3,(H2,28,34,35)(H2,29,30,31,32,33). The maximum Gasteiger partial charge on any atom is 0.238 e. The second-order valence-electron chi connectivity index (χ2n) is 8.71. The van der Waals surface area contributed by atoms with Crippen LogP contribution in [-0.2, 0) is 22.9 Å². The van der Waals surface area contributed by atoms with Gasteiger partial charge in [0.1, 0.15) is 5.82 Å². The van der Waals surface area contributed by atoms with Crippen LogP contribution in [0.1, 0.15) is 22.4 Å². The molecule has 5 aromatic rings. The smallest absolute Gasteiger partial charge is 0.238 e. The van der Waals surface area contributed by atoms with Gasteiger partial charge in [-0.1, -0.05) is 59.9 Å². The maximum absolute atomic E-state index is 11.5. The third-order valence-corrected chi connectivity index (χ3v) is 7.60. The molecule has 37 heavy (non-hydrogen) atoms.